The van der Waals surface area contributed by atoms with Gasteiger partial charge in [0, 0.05) is 0 Å². The zero-order valence-electron chi connectivity index (χ0n) is 8.01. The van der Waals surface area contributed by atoms with Crippen molar-refractivity contribution in [3.8, 4) is 5.75 Å². The number of rotatable bonds is 3. The van der Waals surface area contributed by atoms with Crippen molar-refractivity contribution >= 4 is 34.8 Å². The Morgan fingerprint density at radius 2 is 1.82 bits per heavy atom. The third kappa shape index (κ3) is 4.43. The fourth-order valence-electron chi connectivity index (χ4n) is 1.05. The predicted octanol–water partition coefficient (Wildman–Crippen LogP) is 4.08. The molecule has 0 aliphatic rings. The highest BCUT2D eigenvalue weighted by Crippen LogP contribution is 2.33. The standard InChI is InChI=1S/C9H6Cl3F3O2/c10-5-3-4(7(16)8(11)12)1-2-6(5)17-9(13,14)15/h1-3,7-8,16H. The molecular formula is C9H6Cl3F3O2. The molecule has 2 nitrogen and oxygen atoms in total. The summed E-state index contributed by atoms with van der Waals surface area (Å²) in [7, 11) is 0. The molecule has 17 heavy (non-hydrogen) atoms. The van der Waals surface area contributed by atoms with Crippen molar-refractivity contribution < 1.29 is 23.0 Å². The molecule has 96 valence electrons. The molecule has 1 rings (SSSR count). The zero-order valence-corrected chi connectivity index (χ0v) is 10.3. The largest absolute Gasteiger partial charge is 0.573 e. The van der Waals surface area contributed by atoms with E-state index in [2.05, 4.69) is 4.74 Å². The van der Waals surface area contributed by atoms with Gasteiger partial charge in [0.25, 0.3) is 0 Å². The van der Waals surface area contributed by atoms with Crippen molar-refractivity contribution in [1.82, 2.24) is 0 Å². The Morgan fingerprint density at radius 3 is 2.24 bits per heavy atom. The van der Waals surface area contributed by atoms with Crippen molar-refractivity contribution in [2.45, 2.75) is 17.3 Å². The second-order valence-corrected chi connectivity index (χ2v) is 4.59. The van der Waals surface area contributed by atoms with Crippen LogP contribution in [0.1, 0.15) is 11.7 Å². The molecule has 1 unspecified atom stereocenters. The highest BCUT2D eigenvalue weighted by molar-refractivity contribution is 6.44. The van der Waals surface area contributed by atoms with Gasteiger partial charge in [0.05, 0.1) is 5.02 Å². The lowest BCUT2D eigenvalue weighted by Crippen LogP contribution is -2.17. The van der Waals surface area contributed by atoms with E-state index < -0.39 is 23.1 Å². The van der Waals surface area contributed by atoms with Gasteiger partial charge in [0.2, 0.25) is 0 Å². The second-order valence-electron chi connectivity index (χ2n) is 3.02. The lowest BCUT2D eigenvalue weighted by molar-refractivity contribution is -0.274. The van der Waals surface area contributed by atoms with E-state index in [1.807, 2.05) is 0 Å². The molecule has 0 spiro atoms. The minimum absolute atomic E-state index is 0.194. The SMILES string of the molecule is OC(c1ccc(OC(F)(F)F)c(Cl)c1)C(Cl)Cl. The van der Waals surface area contributed by atoms with Gasteiger partial charge in [-0.25, -0.2) is 0 Å². The fraction of sp³-hybridized carbons (Fsp3) is 0.333. The Morgan fingerprint density at radius 1 is 1.24 bits per heavy atom. The third-order valence-corrected chi connectivity index (χ3v) is 2.53. The highest BCUT2D eigenvalue weighted by Gasteiger charge is 2.32. The van der Waals surface area contributed by atoms with Crippen molar-refractivity contribution in [3.63, 3.8) is 0 Å². The number of aliphatic hydroxyl groups is 1. The average molecular weight is 309 g/mol. The maximum absolute atomic E-state index is 11.9. The van der Waals surface area contributed by atoms with Gasteiger partial charge >= 0.3 is 6.36 Å². The molecule has 1 aromatic rings. The summed E-state index contributed by atoms with van der Waals surface area (Å²) in [6, 6.07) is 3.27. The topological polar surface area (TPSA) is 29.5 Å². The van der Waals surface area contributed by atoms with Gasteiger partial charge in [0.1, 0.15) is 16.7 Å². The van der Waals surface area contributed by atoms with Gasteiger partial charge < -0.3 is 9.84 Å². The van der Waals surface area contributed by atoms with Crippen LogP contribution in [0.15, 0.2) is 18.2 Å². The van der Waals surface area contributed by atoms with Crippen molar-refractivity contribution in [2.24, 2.45) is 0 Å². The summed E-state index contributed by atoms with van der Waals surface area (Å²) in [4.78, 5) is -1.11. The van der Waals surface area contributed by atoms with E-state index in [9.17, 15) is 18.3 Å². The molecule has 0 aromatic heterocycles. The minimum atomic E-state index is -4.83. The molecule has 0 bridgehead atoms. The van der Waals surface area contributed by atoms with Crippen LogP contribution in [0.5, 0.6) is 5.75 Å². The average Bonchev–Trinajstić information content (AvgIpc) is 2.18. The Balaban J connectivity index is 2.94. The Labute approximate surface area is 110 Å². The third-order valence-electron chi connectivity index (χ3n) is 1.76. The van der Waals surface area contributed by atoms with Crippen LogP contribution in [-0.2, 0) is 0 Å². The summed E-state index contributed by atoms with van der Waals surface area (Å²) in [5.41, 5.74) is 0.194. The molecule has 0 radical (unpaired) electrons. The zero-order chi connectivity index (χ0) is 13.2. The Hall–Kier alpha value is -0.360. The fourth-order valence-corrected chi connectivity index (χ4v) is 1.57. The lowest BCUT2D eigenvalue weighted by atomic mass is 10.1. The quantitative estimate of drug-likeness (QED) is 0.853. The molecule has 1 aromatic carbocycles. The van der Waals surface area contributed by atoms with E-state index >= 15 is 0 Å². The first-order valence-electron chi connectivity index (χ1n) is 4.22. The van der Waals surface area contributed by atoms with Gasteiger partial charge in [-0.15, -0.1) is 36.4 Å². The van der Waals surface area contributed by atoms with Gasteiger partial charge in [-0.05, 0) is 17.7 Å². The van der Waals surface area contributed by atoms with Crippen LogP contribution >= 0.6 is 34.8 Å². The van der Waals surface area contributed by atoms with E-state index in [1.165, 1.54) is 6.07 Å². The van der Waals surface area contributed by atoms with Gasteiger partial charge in [0.15, 0.2) is 0 Å². The lowest BCUT2D eigenvalue weighted by Gasteiger charge is -2.14. The number of ether oxygens (including phenoxy) is 1. The summed E-state index contributed by atoms with van der Waals surface area (Å²) in [6.07, 6.45) is -6.07. The number of halogens is 6. The van der Waals surface area contributed by atoms with Crippen LogP contribution in [0.25, 0.3) is 0 Å². The number of hydrogen-bond acceptors (Lipinski definition) is 2. The second kappa shape index (κ2) is 5.52. The van der Waals surface area contributed by atoms with Crippen LogP contribution in [-0.4, -0.2) is 16.3 Å². The van der Waals surface area contributed by atoms with Crippen LogP contribution < -0.4 is 4.74 Å². The van der Waals surface area contributed by atoms with Crippen molar-refractivity contribution in [1.29, 1.82) is 0 Å². The van der Waals surface area contributed by atoms with Crippen LogP contribution in [0.4, 0.5) is 13.2 Å². The van der Waals surface area contributed by atoms with E-state index in [-0.39, 0.29) is 10.6 Å². The molecule has 0 heterocycles. The first-order chi connectivity index (χ1) is 7.70. The van der Waals surface area contributed by atoms with Crippen LogP contribution in [0.3, 0.4) is 0 Å². The van der Waals surface area contributed by atoms with Gasteiger partial charge in [-0.1, -0.05) is 17.7 Å². The molecular weight excluding hydrogens is 303 g/mol. The summed E-state index contributed by atoms with van der Waals surface area (Å²) in [6.45, 7) is 0. The molecule has 0 saturated carbocycles. The van der Waals surface area contributed by atoms with Gasteiger partial charge in [-0.3, -0.25) is 0 Å². The number of benzene rings is 1. The van der Waals surface area contributed by atoms with Crippen molar-refractivity contribution in [3.05, 3.63) is 28.8 Å². The molecule has 0 aliphatic heterocycles. The summed E-state index contributed by atoms with van der Waals surface area (Å²) in [5.74, 6) is -0.559. The maximum Gasteiger partial charge on any atom is 0.573 e. The summed E-state index contributed by atoms with van der Waals surface area (Å²) >= 11 is 16.4. The van der Waals surface area contributed by atoms with Crippen molar-refractivity contribution in [2.75, 3.05) is 0 Å². The smallest absolute Gasteiger partial charge is 0.404 e. The van der Waals surface area contributed by atoms with Crippen LogP contribution in [0.2, 0.25) is 5.02 Å². The molecule has 0 aliphatic carbocycles. The Bertz CT molecular complexity index is 396. The summed E-state index contributed by atoms with van der Waals surface area (Å²) < 4.78 is 39.5. The van der Waals surface area contributed by atoms with E-state index in [1.54, 1.807) is 0 Å². The van der Waals surface area contributed by atoms with E-state index in [0.717, 1.165) is 12.1 Å². The van der Waals surface area contributed by atoms with Gasteiger partial charge in [-0.2, -0.15) is 0 Å². The minimum Gasteiger partial charge on any atom is -0.404 e. The molecule has 0 fully saturated rings. The number of aliphatic hydroxyl groups excluding tert-OH is 1. The van der Waals surface area contributed by atoms with E-state index in [0.29, 0.717) is 0 Å². The molecule has 8 heteroatoms. The number of alkyl halides is 5. The molecule has 1 atom stereocenters. The first-order valence-corrected chi connectivity index (χ1v) is 5.47. The monoisotopic (exact) mass is 308 g/mol. The molecule has 0 saturated heterocycles. The molecule has 0 amide bonds. The highest BCUT2D eigenvalue weighted by atomic mass is 35.5. The summed E-state index contributed by atoms with van der Waals surface area (Å²) in [5, 5.41) is 9.16. The normalized spacial score (nSPS) is 13.9. The molecule has 1 N–H and O–H groups in total. The first kappa shape index (κ1) is 14.7. The van der Waals surface area contributed by atoms with E-state index in [4.69, 9.17) is 34.8 Å². The Kier molecular flexibility index (Phi) is 4.77. The van der Waals surface area contributed by atoms with Crippen LogP contribution in [0, 0.1) is 0 Å². The maximum atomic E-state index is 11.9. The number of hydrogen-bond donors (Lipinski definition) is 1. The predicted molar refractivity (Wildman–Crippen MR) is 58.6 cm³/mol.